The molecular formula is C16H15N5O2S. The molecule has 0 fully saturated rings. The number of hydrogen-bond donors (Lipinski definition) is 2. The van der Waals surface area contributed by atoms with Gasteiger partial charge in [-0.25, -0.2) is 4.09 Å². The van der Waals surface area contributed by atoms with Gasteiger partial charge in [0.15, 0.2) is 6.10 Å². The van der Waals surface area contributed by atoms with E-state index >= 15 is 0 Å². The van der Waals surface area contributed by atoms with Gasteiger partial charge in [0.1, 0.15) is 0 Å². The van der Waals surface area contributed by atoms with E-state index in [1.165, 1.54) is 11.9 Å². The van der Waals surface area contributed by atoms with Crippen molar-refractivity contribution < 1.29 is 9.90 Å². The first kappa shape index (κ1) is 15.0. The Morgan fingerprint density at radius 2 is 2.12 bits per heavy atom. The van der Waals surface area contributed by atoms with Crippen LogP contribution in [0.5, 0.6) is 0 Å². The number of nitrogens with zero attached hydrogens (tertiary/aromatic N) is 4. The minimum absolute atomic E-state index is 0.298. The SMILES string of the molecule is O=C(C(O)c1ccccc1)N1Cc2cn(Sc3cn[nH]c3)nc2C1. The summed E-state index contributed by atoms with van der Waals surface area (Å²) in [5.74, 6) is -0.298. The van der Waals surface area contributed by atoms with Crippen LogP contribution in [-0.2, 0) is 17.9 Å². The van der Waals surface area contributed by atoms with E-state index in [4.69, 9.17) is 0 Å². The molecule has 1 unspecified atom stereocenters. The maximum Gasteiger partial charge on any atom is 0.256 e. The molecule has 24 heavy (non-hydrogen) atoms. The third-order valence-electron chi connectivity index (χ3n) is 3.89. The molecule has 7 nitrogen and oxygen atoms in total. The average Bonchev–Trinajstić information content (AvgIpc) is 3.31. The summed E-state index contributed by atoms with van der Waals surface area (Å²) in [6, 6.07) is 8.97. The highest BCUT2D eigenvalue weighted by molar-refractivity contribution is 7.97. The highest BCUT2D eigenvalue weighted by atomic mass is 32.2. The van der Waals surface area contributed by atoms with Gasteiger partial charge in [-0.1, -0.05) is 30.3 Å². The lowest BCUT2D eigenvalue weighted by Gasteiger charge is -2.19. The molecule has 3 aromatic rings. The first-order valence-electron chi connectivity index (χ1n) is 7.47. The van der Waals surface area contributed by atoms with Crippen molar-refractivity contribution in [3.63, 3.8) is 0 Å². The third kappa shape index (κ3) is 2.81. The largest absolute Gasteiger partial charge is 0.378 e. The van der Waals surface area contributed by atoms with Crippen molar-refractivity contribution in [3.8, 4) is 0 Å². The molecule has 1 aliphatic heterocycles. The number of benzene rings is 1. The number of aliphatic hydroxyl groups is 1. The van der Waals surface area contributed by atoms with Crippen LogP contribution in [0, 0.1) is 0 Å². The second-order valence-electron chi connectivity index (χ2n) is 5.54. The highest BCUT2D eigenvalue weighted by Crippen LogP contribution is 2.28. The molecule has 2 aromatic heterocycles. The molecule has 0 aliphatic carbocycles. The van der Waals surface area contributed by atoms with Gasteiger partial charge in [-0.05, 0) is 5.56 Å². The Kier molecular flexibility index (Phi) is 3.83. The van der Waals surface area contributed by atoms with Gasteiger partial charge in [0.25, 0.3) is 5.91 Å². The summed E-state index contributed by atoms with van der Waals surface area (Å²) >= 11 is 1.45. The Bertz CT molecular complexity index is 823. The van der Waals surface area contributed by atoms with Crippen molar-refractivity contribution in [2.75, 3.05) is 0 Å². The molecule has 0 radical (unpaired) electrons. The summed E-state index contributed by atoms with van der Waals surface area (Å²) in [5.41, 5.74) is 2.46. The van der Waals surface area contributed by atoms with Crippen LogP contribution in [0.15, 0.2) is 53.8 Å². The molecule has 1 amide bonds. The lowest BCUT2D eigenvalue weighted by atomic mass is 10.1. The fourth-order valence-corrected chi connectivity index (χ4v) is 3.42. The van der Waals surface area contributed by atoms with E-state index in [1.807, 2.05) is 24.4 Å². The van der Waals surface area contributed by atoms with Crippen molar-refractivity contribution in [1.29, 1.82) is 0 Å². The summed E-state index contributed by atoms with van der Waals surface area (Å²) in [7, 11) is 0. The maximum atomic E-state index is 12.5. The van der Waals surface area contributed by atoms with Crippen LogP contribution in [0.3, 0.4) is 0 Å². The van der Waals surface area contributed by atoms with Gasteiger partial charge in [0.05, 0.1) is 23.3 Å². The van der Waals surface area contributed by atoms with Crippen LogP contribution in [0.1, 0.15) is 22.9 Å². The van der Waals surface area contributed by atoms with Gasteiger partial charge in [0, 0.05) is 36.4 Å². The van der Waals surface area contributed by atoms with E-state index in [0.29, 0.717) is 18.7 Å². The number of amides is 1. The van der Waals surface area contributed by atoms with Gasteiger partial charge >= 0.3 is 0 Å². The maximum absolute atomic E-state index is 12.5. The van der Waals surface area contributed by atoms with E-state index in [9.17, 15) is 9.90 Å². The third-order valence-corrected chi connectivity index (χ3v) is 4.70. The average molecular weight is 341 g/mol. The summed E-state index contributed by atoms with van der Waals surface area (Å²) < 4.78 is 1.77. The smallest absolute Gasteiger partial charge is 0.256 e. The lowest BCUT2D eigenvalue weighted by Crippen LogP contribution is -2.31. The van der Waals surface area contributed by atoms with E-state index in [-0.39, 0.29) is 5.91 Å². The number of hydrogen-bond acceptors (Lipinski definition) is 5. The standard InChI is InChI=1S/C16H15N5O2S/c22-15(11-4-2-1-3-5-11)16(23)20-8-12-9-21(19-14(12)10-20)24-13-6-17-18-7-13/h1-7,9,15,22H,8,10H2,(H,17,18). The molecule has 3 heterocycles. The number of nitrogens with one attached hydrogen (secondary N) is 1. The Balaban J connectivity index is 1.44. The Labute approximate surface area is 142 Å². The topological polar surface area (TPSA) is 87.0 Å². The van der Waals surface area contributed by atoms with Crippen molar-refractivity contribution in [3.05, 3.63) is 65.7 Å². The van der Waals surface area contributed by atoms with Crippen LogP contribution < -0.4 is 0 Å². The number of rotatable bonds is 4. The van der Waals surface area contributed by atoms with Gasteiger partial charge in [0.2, 0.25) is 0 Å². The lowest BCUT2D eigenvalue weighted by molar-refractivity contribution is -0.141. The number of aromatic nitrogens is 4. The molecule has 4 rings (SSSR count). The number of aromatic amines is 1. The predicted octanol–water partition coefficient (Wildman–Crippen LogP) is 1.74. The number of H-pyrrole nitrogens is 1. The molecular weight excluding hydrogens is 326 g/mol. The summed E-state index contributed by atoms with van der Waals surface area (Å²) in [5, 5.41) is 21.4. The number of aliphatic hydroxyl groups excluding tert-OH is 1. The molecule has 8 heteroatoms. The Morgan fingerprint density at radius 1 is 1.29 bits per heavy atom. The van der Waals surface area contributed by atoms with Crippen molar-refractivity contribution in [1.82, 2.24) is 24.3 Å². The number of carbonyl (C=O) groups is 1. The second kappa shape index (κ2) is 6.14. The van der Waals surface area contributed by atoms with Crippen LogP contribution in [0.4, 0.5) is 0 Å². The Hall–Kier alpha value is -2.58. The zero-order valence-electron chi connectivity index (χ0n) is 12.7. The Morgan fingerprint density at radius 3 is 2.83 bits per heavy atom. The van der Waals surface area contributed by atoms with Gasteiger partial charge in [-0.15, -0.1) is 0 Å². The van der Waals surface area contributed by atoms with Crippen molar-refractivity contribution in [2.24, 2.45) is 0 Å². The van der Waals surface area contributed by atoms with E-state index < -0.39 is 6.10 Å². The molecule has 0 spiro atoms. The minimum atomic E-state index is -1.14. The minimum Gasteiger partial charge on any atom is -0.378 e. The molecule has 1 aliphatic rings. The molecule has 1 aromatic carbocycles. The van der Waals surface area contributed by atoms with Crippen LogP contribution in [-0.4, -0.2) is 35.3 Å². The number of fused-ring (bicyclic) bond motifs is 1. The molecule has 1 atom stereocenters. The summed E-state index contributed by atoms with van der Waals surface area (Å²) in [4.78, 5) is 15.1. The fraction of sp³-hybridized carbons (Fsp3) is 0.188. The first-order chi connectivity index (χ1) is 11.7. The second-order valence-corrected chi connectivity index (χ2v) is 6.56. The number of carbonyl (C=O) groups excluding carboxylic acids is 1. The molecule has 122 valence electrons. The summed E-state index contributed by atoms with van der Waals surface area (Å²) in [6.45, 7) is 0.876. The van der Waals surface area contributed by atoms with E-state index in [1.54, 1.807) is 33.5 Å². The first-order valence-corrected chi connectivity index (χ1v) is 8.24. The van der Waals surface area contributed by atoms with E-state index in [0.717, 1.165) is 16.2 Å². The fourth-order valence-electron chi connectivity index (χ4n) is 2.68. The quantitative estimate of drug-likeness (QED) is 0.755. The van der Waals surface area contributed by atoms with Crippen LogP contribution >= 0.6 is 11.9 Å². The van der Waals surface area contributed by atoms with Gasteiger partial charge in [-0.3, -0.25) is 9.89 Å². The molecule has 0 saturated heterocycles. The zero-order valence-corrected chi connectivity index (χ0v) is 13.5. The zero-order chi connectivity index (χ0) is 16.5. The van der Waals surface area contributed by atoms with Gasteiger partial charge < -0.3 is 10.0 Å². The van der Waals surface area contributed by atoms with Crippen molar-refractivity contribution in [2.45, 2.75) is 24.1 Å². The predicted molar refractivity (Wildman–Crippen MR) is 87.7 cm³/mol. The normalized spacial score (nSPS) is 14.6. The summed E-state index contributed by atoms with van der Waals surface area (Å²) in [6.07, 6.45) is 4.30. The van der Waals surface area contributed by atoms with E-state index in [2.05, 4.69) is 15.3 Å². The highest BCUT2D eigenvalue weighted by Gasteiger charge is 2.30. The van der Waals surface area contributed by atoms with Crippen LogP contribution in [0.25, 0.3) is 0 Å². The van der Waals surface area contributed by atoms with Gasteiger partial charge in [-0.2, -0.15) is 10.2 Å². The monoisotopic (exact) mass is 341 g/mol. The molecule has 2 N–H and O–H groups in total. The molecule has 0 saturated carbocycles. The van der Waals surface area contributed by atoms with Crippen LogP contribution in [0.2, 0.25) is 0 Å². The molecule has 0 bridgehead atoms. The van der Waals surface area contributed by atoms with Crippen molar-refractivity contribution >= 4 is 17.9 Å².